The Labute approximate surface area is 161 Å². The maximum Gasteiger partial charge on any atom is 0.261 e. The van der Waals surface area contributed by atoms with Crippen LogP contribution in [0.3, 0.4) is 0 Å². The van der Waals surface area contributed by atoms with Gasteiger partial charge in [-0.05, 0) is 36.1 Å². The molecule has 3 aromatic carbocycles. The molecule has 0 aliphatic rings. The molecule has 0 N–H and O–H groups in total. The lowest BCUT2D eigenvalue weighted by atomic mass is 10.1. The van der Waals surface area contributed by atoms with Gasteiger partial charge in [-0.25, -0.2) is 0 Å². The van der Waals surface area contributed by atoms with Crippen LogP contribution < -0.4 is 4.74 Å². The molecule has 0 aromatic heterocycles. The van der Waals surface area contributed by atoms with Gasteiger partial charge in [-0.2, -0.15) is 0 Å². The van der Waals surface area contributed by atoms with Crippen molar-refractivity contribution in [2.24, 2.45) is 0 Å². The summed E-state index contributed by atoms with van der Waals surface area (Å²) in [6.07, 6.45) is 0. The third-order valence-corrected chi connectivity index (χ3v) is 4.53. The zero-order valence-corrected chi connectivity index (χ0v) is 15.9. The highest BCUT2D eigenvalue weighted by Gasteiger charge is 2.16. The molecular weight excluding hydrogens is 334 g/mol. The summed E-state index contributed by atoms with van der Waals surface area (Å²) in [5.41, 5.74) is 4.30. The Kier molecular flexibility index (Phi) is 6.26. The van der Waals surface area contributed by atoms with E-state index in [0.29, 0.717) is 13.1 Å². The molecule has 0 spiro atoms. The first-order chi connectivity index (χ1) is 13.1. The van der Waals surface area contributed by atoms with Crippen molar-refractivity contribution in [3.05, 3.63) is 101 Å². The van der Waals surface area contributed by atoms with E-state index in [4.69, 9.17) is 4.74 Å². The summed E-state index contributed by atoms with van der Waals surface area (Å²) < 4.78 is 5.89. The number of ether oxygens (including phenoxy) is 1. The molecule has 138 valence electrons. The van der Waals surface area contributed by atoms with Crippen molar-refractivity contribution in [2.45, 2.75) is 26.9 Å². The number of para-hydroxylation sites is 1. The molecular formula is C24H25NO2. The number of carbonyl (C=O) groups is 1. The maximum atomic E-state index is 12.9. The van der Waals surface area contributed by atoms with Crippen molar-refractivity contribution in [2.75, 3.05) is 6.61 Å². The lowest BCUT2D eigenvalue weighted by Crippen LogP contribution is -2.34. The van der Waals surface area contributed by atoms with Crippen molar-refractivity contribution in [3.63, 3.8) is 0 Å². The van der Waals surface area contributed by atoms with Crippen LogP contribution in [-0.2, 0) is 17.9 Å². The van der Waals surface area contributed by atoms with E-state index in [-0.39, 0.29) is 12.5 Å². The summed E-state index contributed by atoms with van der Waals surface area (Å²) in [6.45, 7) is 5.15. The van der Waals surface area contributed by atoms with E-state index in [0.717, 1.165) is 28.0 Å². The molecule has 3 rings (SSSR count). The van der Waals surface area contributed by atoms with Crippen molar-refractivity contribution in [3.8, 4) is 5.75 Å². The number of amides is 1. The molecule has 3 nitrogen and oxygen atoms in total. The Hall–Kier alpha value is -3.07. The summed E-state index contributed by atoms with van der Waals surface area (Å²) in [5.74, 6) is 0.774. The normalized spacial score (nSPS) is 10.4. The Balaban J connectivity index is 1.73. The minimum atomic E-state index is -0.0228. The zero-order chi connectivity index (χ0) is 19.1. The van der Waals surface area contributed by atoms with Gasteiger partial charge in [0.2, 0.25) is 0 Å². The second kappa shape index (κ2) is 9.04. The first-order valence-corrected chi connectivity index (χ1v) is 9.18. The number of rotatable bonds is 7. The number of hydrogen-bond donors (Lipinski definition) is 0. The molecule has 0 saturated heterocycles. The molecule has 3 aromatic rings. The molecule has 0 fully saturated rings. The van der Waals surface area contributed by atoms with E-state index in [1.165, 1.54) is 0 Å². The van der Waals surface area contributed by atoms with Crippen molar-refractivity contribution in [1.29, 1.82) is 0 Å². The molecule has 0 bridgehead atoms. The first-order valence-electron chi connectivity index (χ1n) is 9.18. The Morgan fingerprint density at radius 3 is 1.70 bits per heavy atom. The Bertz CT molecular complexity index is 814. The molecule has 3 heteroatoms. The number of nitrogens with zero attached hydrogens (tertiary/aromatic N) is 1. The van der Waals surface area contributed by atoms with E-state index in [1.54, 1.807) is 0 Å². The van der Waals surface area contributed by atoms with Crippen LogP contribution in [0.2, 0.25) is 0 Å². The van der Waals surface area contributed by atoms with Crippen molar-refractivity contribution >= 4 is 5.91 Å². The van der Waals surface area contributed by atoms with Crippen LogP contribution in [-0.4, -0.2) is 17.4 Å². The highest BCUT2D eigenvalue weighted by atomic mass is 16.5. The molecule has 0 aliphatic heterocycles. The number of benzene rings is 3. The average Bonchev–Trinajstić information content (AvgIpc) is 2.68. The van der Waals surface area contributed by atoms with Gasteiger partial charge in [0.25, 0.3) is 5.91 Å². The minimum Gasteiger partial charge on any atom is -0.483 e. The van der Waals surface area contributed by atoms with Gasteiger partial charge in [-0.3, -0.25) is 4.79 Å². The van der Waals surface area contributed by atoms with E-state index in [9.17, 15) is 4.79 Å². The van der Waals surface area contributed by atoms with E-state index < -0.39 is 0 Å². The van der Waals surface area contributed by atoms with Crippen LogP contribution in [0, 0.1) is 13.8 Å². The molecule has 0 radical (unpaired) electrons. The van der Waals surface area contributed by atoms with Crippen LogP contribution in [0.1, 0.15) is 22.3 Å². The number of hydrogen-bond acceptors (Lipinski definition) is 2. The van der Waals surface area contributed by atoms with Gasteiger partial charge in [0.1, 0.15) is 5.75 Å². The highest BCUT2D eigenvalue weighted by molar-refractivity contribution is 5.78. The third kappa shape index (κ3) is 5.20. The summed E-state index contributed by atoms with van der Waals surface area (Å²) in [6, 6.07) is 26.1. The molecule has 0 aliphatic carbocycles. The zero-order valence-electron chi connectivity index (χ0n) is 15.9. The van der Waals surface area contributed by atoms with Crippen molar-refractivity contribution in [1.82, 2.24) is 4.90 Å². The first kappa shape index (κ1) is 18.7. The second-order valence-corrected chi connectivity index (χ2v) is 6.73. The minimum absolute atomic E-state index is 0.0228. The number of carbonyl (C=O) groups excluding carboxylic acids is 1. The largest absolute Gasteiger partial charge is 0.483 e. The molecule has 0 heterocycles. The molecule has 0 saturated carbocycles. The van der Waals surface area contributed by atoms with Gasteiger partial charge < -0.3 is 9.64 Å². The third-order valence-electron chi connectivity index (χ3n) is 4.53. The number of aryl methyl sites for hydroxylation is 2. The van der Waals surface area contributed by atoms with Crippen LogP contribution in [0.5, 0.6) is 5.75 Å². The molecule has 27 heavy (non-hydrogen) atoms. The van der Waals surface area contributed by atoms with Gasteiger partial charge in [0, 0.05) is 13.1 Å². The summed E-state index contributed by atoms with van der Waals surface area (Å²) in [4.78, 5) is 14.8. The highest BCUT2D eigenvalue weighted by Crippen LogP contribution is 2.22. The van der Waals surface area contributed by atoms with Crippen LogP contribution in [0.25, 0.3) is 0 Å². The Morgan fingerprint density at radius 2 is 1.22 bits per heavy atom. The average molecular weight is 359 g/mol. The van der Waals surface area contributed by atoms with E-state index >= 15 is 0 Å². The topological polar surface area (TPSA) is 29.5 Å². The predicted molar refractivity (Wildman–Crippen MR) is 109 cm³/mol. The standard InChI is InChI=1S/C24H25NO2/c1-19-10-9-11-20(2)24(19)27-18-23(26)25(16-21-12-5-3-6-13-21)17-22-14-7-4-8-15-22/h3-15H,16-18H2,1-2H3. The van der Waals surface area contributed by atoms with Gasteiger partial charge in [-0.1, -0.05) is 78.9 Å². The summed E-state index contributed by atoms with van der Waals surface area (Å²) in [5, 5.41) is 0. The van der Waals surface area contributed by atoms with Crippen molar-refractivity contribution < 1.29 is 9.53 Å². The van der Waals surface area contributed by atoms with Gasteiger partial charge in [0.15, 0.2) is 6.61 Å². The van der Waals surface area contributed by atoms with Crippen LogP contribution in [0.4, 0.5) is 0 Å². The van der Waals surface area contributed by atoms with Gasteiger partial charge in [0.05, 0.1) is 0 Å². The SMILES string of the molecule is Cc1cccc(C)c1OCC(=O)N(Cc1ccccc1)Cc1ccccc1. The second-order valence-electron chi connectivity index (χ2n) is 6.73. The smallest absolute Gasteiger partial charge is 0.261 e. The van der Waals surface area contributed by atoms with E-state index in [2.05, 4.69) is 0 Å². The molecule has 1 amide bonds. The predicted octanol–water partition coefficient (Wildman–Crippen LogP) is 4.91. The summed E-state index contributed by atoms with van der Waals surface area (Å²) in [7, 11) is 0. The quantitative estimate of drug-likeness (QED) is 0.600. The van der Waals surface area contributed by atoms with Gasteiger partial charge >= 0.3 is 0 Å². The Morgan fingerprint density at radius 1 is 0.741 bits per heavy atom. The summed E-state index contributed by atoms with van der Waals surface area (Å²) >= 11 is 0. The van der Waals surface area contributed by atoms with Gasteiger partial charge in [-0.15, -0.1) is 0 Å². The fraction of sp³-hybridized carbons (Fsp3) is 0.208. The lowest BCUT2D eigenvalue weighted by Gasteiger charge is -2.24. The van der Waals surface area contributed by atoms with Crippen LogP contribution in [0.15, 0.2) is 78.9 Å². The fourth-order valence-electron chi connectivity index (χ4n) is 3.09. The van der Waals surface area contributed by atoms with E-state index in [1.807, 2.05) is 97.6 Å². The molecule has 0 atom stereocenters. The fourth-order valence-corrected chi connectivity index (χ4v) is 3.09. The molecule has 0 unspecified atom stereocenters. The lowest BCUT2D eigenvalue weighted by molar-refractivity contribution is -0.134. The maximum absolute atomic E-state index is 12.9. The van der Waals surface area contributed by atoms with Crippen LogP contribution >= 0.6 is 0 Å². The monoisotopic (exact) mass is 359 g/mol.